The molecule has 0 atom stereocenters. The number of carbonyl (C=O) groups is 1. The standard InChI is InChI=1S/C14H14O5/c1-17-8-5-9(18-2)12-10(6-8)19-13(14(15)16)11(12)7-3-4-7/h5-7H,3-4H2,1-2H3,(H,15,16). The number of benzene rings is 1. The van der Waals surface area contributed by atoms with Gasteiger partial charge in [0.2, 0.25) is 5.76 Å². The number of aromatic carboxylic acids is 1. The second kappa shape index (κ2) is 4.19. The maximum Gasteiger partial charge on any atom is 0.372 e. The fourth-order valence-electron chi connectivity index (χ4n) is 2.39. The maximum absolute atomic E-state index is 11.3. The van der Waals surface area contributed by atoms with Crippen LogP contribution in [0.5, 0.6) is 11.5 Å². The number of ether oxygens (including phenoxy) is 2. The molecule has 0 saturated heterocycles. The predicted molar refractivity (Wildman–Crippen MR) is 68.3 cm³/mol. The molecule has 0 amide bonds. The molecule has 1 aromatic carbocycles. The van der Waals surface area contributed by atoms with Gasteiger partial charge in [0, 0.05) is 17.7 Å². The Kier molecular flexibility index (Phi) is 2.62. The second-order valence-corrected chi connectivity index (χ2v) is 4.63. The van der Waals surface area contributed by atoms with Gasteiger partial charge < -0.3 is 19.0 Å². The van der Waals surface area contributed by atoms with Crippen molar-refractivity contribution in [3.63, 3.8) is 0 Å². The average Bonchev–Trinajstić information content (AvgIpc) is 3.17. The lowest BCUT2D eigenvalue weighted by atomic mass is 10.0. The molecule has 5 nitrogen and oxygen atoms in total. The Hall–Kier alpha value is -2.17. The van der Waals surface area contributed by atoms with Crippen LogP contribution in [0.25, 0.3) is 11.0 Å². The minimum Gasteiger partial charge on any atom is -0.496 e. The van der Waals surface area contributed by atoms with E-state index < -0.39 is 5.97 Å². The monoisotopic (exact) mass is 262 g/mol. The highest BCUT2D eigenvalue weighted by Gasteiger charge is 2.35. The third kappa shape index (κ3) is 1.82. The van der Waals surface area contributed by atoms with Crippen molar-refractivity contribution >= 4 is 16.9 Å². The first kappa shape index (κ1) is 11.9. The largest absolute Gasteiger partial charge is 0.496 e. The molecule has 1 heterocycles. The van der Waals surface area contributed by atoms with Crippen molar-refractivity contribution in [2.24, 2.45) is 0 Å². The Balaban J connectivity index is 2.34. The summed E-state index contributed by atoms with van der Waals surface area (Å²) in [4.78, 5) is 11.3. The van der Waals surface area contributed by atoms with Gasteiger partial charge in [-0.15, -0.1) is 0 Å². The van der Waals surface area contributed by atoms with Gasteiger partial charge in [-0.05, 0) is 18.8 Å². The highest BCUT2D eigenvalue weighted by atomic mass is 16.5. The Labute approximate surface area is 109 Å². The molecule has 19 heavy (non-hydrogen) atoms. The molecule has 0 radical (unpaired) electrons. The van der Waals surface area contributed by atoms with Crippen LogP contribution in [0, 0.1) is 0 Å². The van der Waals surface area contributed by atoms with Gasteiger partial charge in [0.05, 0.1) is 19.6 Å². The first-order valence-electron chi connectivity index (χ1n) is 6.07. The third-order valence-electron chi connectivity index (χ3n) is 3.40. The molecule has 100 valence electrons. The van der Waals surface area contributed by atoms with Crippen LogP contribution in [0.4, 0.5) is 0 Å². The lowest BCUT2D eigenvalue weighted by molar-refractivity contribution is 0.0663. The Morgan fingerprint density at radius 1 is 1.32 bits per heavy atom. The van der Waals surface area contributed by atoms with Gasteiger partial charge in [-0.25, -0.2) is 4.79 Å². The normalized spacial score (nSPS) is 14.6. The molecular formula is C14H14O5. The van der Waals surface area contributed by atoms with E-state index in [0.29, 0.717) is 17.1 Å². The van der Waals surface area contributed by atoms with Gasteiger partial charge in [-0.3, -0.25) is 0 Å². The van der Waals surface area contributed by atoms with E-state index in [4.69, 9.17) is 13.9 Å². The number of fused-ring (bicyclic) bond motifs is 1. The van der Waals surface area contributed by atoms with Crippen LogP contribution in [0.1, 0.15) is 34.9 Å². The zero-order chi connectivity index (χ0) is 13.6. The van der Waals surface area contributed by atoms with Crippen molar-refractivity contribution in [3.8, 4) is 11.5 Å². The van der Waals surface area contributed by atoms with Crippen LogP contribution in [0.3, 0.4) is 0 Å². The molecule has 1 aliphatic rings. The van der Waals surface area contributed by atoms with Crippen LogP contribution < -0.4 is 9.47 Å². The molecule has 0 aliphatic heterocycles. The Morgan fingerprint density at radius 3 is 2.58 bits per heavy atom. The lowest BCUT2D eigenvalue weighted by Gasteiger charge is -2.06. The summed E-state index contributed by atoms with van der Waals surface area (Å²) in [7, 11) is 3.10. The summed E-state index contributed by atoms with van der Waals surface area (Å²) in [5.74, 6) is 0.405. The van der Waals surface area contributed by atoms with Crippen molar-refractivity contribution in [1.29, 1.82) is 0 Å². The highest BCUT2D eigenvalue weighted by Crippen LogP contribution is 2.49. The minimum atomic E-state index is -1.04. The highest BCUT2D eigenvalue weighted by molar-refractivity contribution is 5.99. The SMILES string of the molecule is COc1cc(OC)c2c(C3CC3)c(C(=O)O)oc2c1. The molecule has 0 spiro atoms. The number of rotatable bonds is 4. The summed E-state index contributed by atoms with van der Waals surface area (Å²) in [5, 5.41) is 10.0. The van der Waals surface area contributed by atoms with Crippen LogP contribution in [-0.2, 0) is 0 Å². The van der Waals surface area contributed by atoms with Crippen LogP contribution >= 0.6 is 0 Å². The number of carboxylic acids is 1. The number of hydrogen-bond donors (Lipinski definition) is 1. The fraction of sp³-hybridized carbons (Fsp3) is 0.357. The number of hydrogen-bond acceptors (Lipinski definition) is 4. The maximum atomic E-state index is 11.3. The molecule has 2 aromatic rings. The van der Waals surface area contributed by atoms with E-state index in [1.54, 1.807) is 26.4 Å². The summed E-state index contributed by atoms with van der Waals surface area (Å²) in [5.41, 5.74) is 1.25. The molecule has 0 unspecified atom stereocenters. The van der Waals surface area contributed by atoms with Crippen LogP contribution in [0.15, 0.2) is 16.5 Å². The summed E-state index contributed by atoms with van der Waals surface area (Å²) < 4.78 is 16.0. The van der Waals surface area contributed by atoms with Gasteiger partial charge in [0.15, 0.2) is 0 Å². The van der Waals surface area contributed by atoms with E-state index in [-0.39, 0.29) is 11.7 Å². The fourth-order valence-corrected chi connectivity index (χ4v) is 2.39. The summed E-state index contributed by atoms with van der Waals surface area (Å²) in [6.07, 6.45) is 1.98. The molecule has 5 heteroatoms. The Morgan fingerprint density at radius 2 is 2.05 bits per heavy atom. The summed E-state index contributed by atoms with van der Waals surface area (Å²) in [6.45, 7) is 0. The zero-order valence-electron chi connectivity index (χ0n) is 10.7. The second-order valence-electron chi connectivity index (χ2n) is 4.63. The molecule has 1 aliphatic carbocycles. The van der Waals surface area contributed by atoms with Gasteiger partial charge in [-0.2, -0.15) is 0 Å². The van der Waals surface area contributed by atoms with Crippen molar-refractivity contribution < 1.29 is 23.8 Å². The van der Waals surface area contributed by atoms with E-state index in [9.17, 15) is 9.90 Å². The predicted octanol–water partition coefficient (Wildman–Crippen LogP) is 3.03. The van der Waals surface area contributed by atoms with Gasteiger partial charge >= 0.3 is 5.97 Å². The third-order valence-corrected chi connectivity index (χ3v) is 3.40. The number of carboxylic acid groups (broad SMARTS) is 1. The van der Waals surface area contributed by atoms with Crippen molar-refractivity contribution in [1.82, 2.24) is 0 Å². The Bertz CT molecular complexity index is 651. The molecule has 0 bridgehead atoms. The molecule has 1 aromatic heterocycles. The average molecular weight is 262 g/mol. The number of methoxy groups -OCH3 is 2. The molecule has 3 rings (SSSR count). The minimum absolute atomic E-state index is 0.0176. The van der Waals surface area contributed by atoms with E-state index in [2.05, 4.69) is 0 Å². The van der Waals surface area contributed by atoms with Gasteiger partial charge in [-0.1, -0.05) is 0 Å². The smallest absolute Gasteiger partial charge is 0.372 e. The van der Waals surface area contributed by atoms with Crippen LogP contribution in [0.2, 0.25) is 0 Å². The zero-order valence-corrected chi connectivity index (χ0v) is 10.7. The summed E-state index contributed by atoms with van der Waals surface area (Å²) in [6, 6.07) is 3.44. The van der Waals surface area contributed by atoms with Gasteiger partial charge in [0.1, 0.15) is 17.1 Å². The van der Waals surface area contributed by atoms with Crippen molar-refractivity contribution in [3.05, 3.63) is 23.5 Å². The van der Waals surface area contributed by atoms with Crippen LogP contribution in [-0.4, -0.2) is 25.3 Å². The summed E-state index contributed by atoms with van der Waals surface area (Å²) >= 11 is 0. The molecule has 1 N–H and O–H groups in total. The van der Waals surface area contributed by atoms with Crippen molar-refractivity contribution in [2.75, 3.05) is 14.2 Å². The van der Waals surface area contributed by atoms with Crippen molar-refractivity contribution in [2.45, 2.75) is 18.8 Å². The van der Waals surface area contributed by atoms with E-state index in [1.807, 2.05) is 0 Å². The van der Waals surface area contributed by atoms with Gasteiger partial charge in [0.25, 0.3) is 0 Å². The molecular weight excluding hydrogens is 248 g/mol. The van der Waals surface area contributed by atoms with E-state index in [0.717, 1.165) is 23.8 Å². The molecule has 1 saturated carbocycles. The van der Waals surface area contributed by atoms with E-state index in [1.165, 1.54) is 0 Å². The topological polar surface area (TPSA) is 68.9 Å². The quantitative estimate of drug-likeness (QED) is 0.917. The first-order chi connectivity index (χ1) is 9.15. The first-order valence-corrected chi connectivity index (χ1v) is 6.07. The number of furan rings is 1. The van der Waals surface area contributed by atoms with E-state index >= 15 is 0 Å². The molecule has 1 fully saturated rings. The lowest BCUT2D eigenvalue weighted by Crippen LogP contribution is -1.98.